The molecular weight excluding hydrogens is 284 g/mol. The van der Waals surface area contributed by atoms with E-state index in [1.54, 1.807) is 12.2 Å². The second-order valence-electron chi connectivity index (χ2n) is 5.91. The van der Waals surface area contributed by atoms with Crippen LogP contribution in [0.1, 0.15) is 31.9 Å². The van der Waals surface area contributed by atoms with Gasteiger partial charge < -0.3 is 10.2 Å². The molecule has 0 saturated heterocycles. The molecule has 0 radical (unpaired) electrons. The number of hydrogen-bond donors (Lipinski definition) is 1. The highest BCUT2D eigenvalue weighted by molar-refractivity contribution is 6.02. The number of anilines is 2. The fourth-order valence-corrected chi connectivity index (χ4v) is 3.24. The van der Waals surface area contributed by atoms with Crippen LogP contribution in [0.25, 0.3) is 0 Å². The molecule has 1 heterocycles. The summed E-state index contributed by atoms with van der Waals surface area (Å²) in [7, 11) is 0. The maximum absolute atomic E-state index is 12.5. The zero-order chi connectivity index (χ0) is 16.2. The third-order valence-electron chi connectivity index (χ3n) is 4.25. The van der Waals surface area contributed by atoms with Crippen molar-refractivity contribution in [2.75, 3.05) is 10.2 Å². The molecule has 1 amide bonds. The molecule has 1 N–H and O–H groups in total. The van der Waals surface area contributed by atoms with Crippen molar-refractivity contribution in [2.45, 2.75) is 32.4 Å². The number of carbonyl (C=O) groups excluding carboxylic acids is 1. The minimum atomic E-state index is 0.0469. The summed E-state index contributed by atoms with van der Waals surface area (Å²) in [6, 6.07) is 18.7. The lowest BCUT2D eigenvalue weighted by atomic mass is 9.91. The Morgan fingerprint density at radius 1 is 1.13 bits per heavy atom. The Morgan fingerprint density at radius 2 is 1.83 bits per heavy atom. The van der Waals surface area contributed by atoms with Gasteiger partial charge in [-0.15, -0.1) is 0 Å². The molecule has 0 aliphatic carbocycles. The largest absolute Gasteiger partial charge is 0.378 e. The number of nitrogens with zero attached hydrogens (tertiary/aromatic N) is 1. The van der Waals surface area contributed by atoms with E-state index >= 15 is 0 Å². The molecule has 2 atom stereocenters. The molecule has 1 aliphatic rings. The molecule has 0 spiro atoms. The summed E-state index contributed by atoms with van der Waals surface area (Å²) in [5, 5.41) is 3.60. The molecule has 2 aromatic carbocycles. The second-order valence-corrected chi connectivity index (χ2v) is 5.91. The number of hydrogen-bond acceptors (Lipinski definition) is 2. The minimum Gasteiger partial charge on any atom is -0.378 e. The van der Waals surface area contributed by atoms with E-state index in [0.29, 0.717) is 0 Å². The number of rotatable bonds is 3. The fraction of sp³-hybridized carbons (Fsp3) is 0.250. The Hall–Kier alpha value is -2.55. The van der Waals surface area contributed by atoms with Crippen molar-refractivity contribution in [2.24, 2.45) is 0 Å². The zero-order valence-electron chi connectivity index (χ0n) is 13.6. The highest BCUT2D eigenvalue weighted by Crippen LogP contribution is 2.38. The first kappa shape index (κ1) is 15.3. The van der Waals surface area contributed by atoms with Gasteiger partial charge in [-0.1, -0.05) is 42.5 Å². The molecule has 0 unspecified atom stereocenters. The Morgan fingerprint density at radius 3 is 2.57 bits per heavy atom. The van der Waals surface area contributed by atoms with E-state index < -0.39 is 0 Å². The first-order chi connectivity index (χ1) is 11.2. The van der Waals surface area contributed by atoms with Gasteiger partial charge >= 0.3 is 0 Å². The van der Waals surface area contributed by atoms with Crippen molar-refractivity contribution < 1.29 is 4.79 Å². The standard InChI is InChI=1S/C20H22N2O/c1-3-9-20(23)22-15(2)14-18(17-12-7-8-13-19(17)22)21-16-10-5-4-6-11-16/h3-13,15,18,21H,14H2,1-2H3/b9-3+/t15-,18-/m0/s1. The Bertz CT molecular complexity index is 709. The van der Waals surface area contributed by atoms with Gasteiger partial charge in [-0.05, 0) is 50.1 Å². The lowest BCUT2D eigenvalue weighted by molar-refractivity contribution is -0.114. The van der Waals surface area contributed by atoms with Crippen LogP contribution >= 0.6 is 0 Å². The highest BCUT2D eigenvalue weighted by atomic mass is 16.2. The van der Waals surface area contributed by atoms with Crippen LogP contribution in [-0.2, 0) is 4.79 Å². The smallest absolute Gasteiger partial charge is 0.250 e. The Labute approximate surface area is 137 Å². The van der Waals surface area contributed by atoms with E-state index in [2.05, 4.69) is 30.4 Å². The SMILES string of the molecule is C/C=C/C(=O)N1c2ccccc2[C@@H](Nc2ccccc2)C[C@@H]1C. The molecule has 3 rings (SSSR count). The fourth-order valence-electron chi connectivity index (χ4n) is 3.24. The molecule has 1 aliphatic heterocycles. The first-order valence-corrected chi connectivity index (χ1v) is 8.07. The number of carbonyl (C=O) groups is 1. The summed E-state index contributed by atoms with van der Waals surface area (Å²) < 4.78 is 0. The van der Waals surface area contributed by atoms with Crippen LogP contribution in [0.3, 0.4) is 0 Å². The summed E-state index contributed by atoms with van der Waals surface area (Å²) in [6.45, 7) is 3.98. The number of amides is 1. The number of nitrogens with one attached hydrogen (secondary N) is 1. The van der Waals surface area contributed by atoms with Crippen molar-refractivity contribution in [1.82, 2.24) is 0 Å². The summed E-state index contributed by atoms with van der Waals surface area (Å²) >= 11 is 0. The maximum Gasteiger partial charge on any atom is 0.250 e. The maximum atomic E-state index is 12.5. The zero-order valence-corrected chi connectivity index (χ0v) is 13.6. The van der Waals surface area contributed by atoms with E-state index in [1.807, 2.05) is 48.2 Å². The van der Waals surface area contributed by atoms with Gasteiger partial charge in [0.2, 0.25) is 0 Å². The highest BCUT2D eigenvalue weighted by Gasteiger charge is 2.32. The van der Waals surface area contributed by atoms with Crippen molar-refractivity contribution in [3.8, 4) is 0 Å². The third kappa shape index (κ3) is 3.14. The third-order valence-corrected chi connectivity index (χ3v) is 4.25. The molecule has 23 heavy (non-hydrogen) atoms. The van der Waals surface area contributed by atoms with Crippen LogP contribution in [0.5, 0.6) is 0 Å². The van der Waals surface area contributed by atoms with Crippen molar-refractivity contribution in [1.29, 1.82) is 0 Å². The molecule has 0 saturated carbocycles. The normalized spacial score (nSPS) is 20.3. The number of allylic oxidation sites excluding steroid dienone is 1. The van der Waals surface area contributed by atoms with Crippen molar-refractivity contribution in [3.05, 3.63) is 72.3 Å². The molecule has 0 aromatic heterocycles. The molecule has 0 fully saturated rings. The van der Waals surface area contributed by atoms with Gasteiger partial charge in [0, 0.05) is 17.4 Å². The first-order valence-electron chi connectivity index (χ1n) is 8.07. The molecule has 118 valence electrons. The predicted molar refractivity (Wildman–Crippen MR) is 95.6 cm³/mol. The average Bonchev–Trinajstić information content (AvgIpc) is 2.56. The number of benzene rings is 2. The number of fused-ring (bicyclic) bond motifs is 1. The van der Waals surface area contributed by atoms with Crippen LogP contribution in [0.2, 0.25) is 0 Å². The lowest BCUT2D eigenvalue weighted by Gasteiger charge is -2.39. The Kier molecular flexibility index (Phi) is 4.47. The van der Waals surface area contributed by atoms with Crippen LogP contribution in [0.15, 0.2) is 66.7 Å². The van der Waals surface area contributed by atoms with Gasteiger partial charge in [-0.2, -0.15) is 0 Å². The van der Waals surface area contributed by atoms with Gasteiger partial charge in [0.05, 0.1) is 6.04 Å². The quantitative estimate of drug-likeness (QED) is 0.844. The van der Waals surface area contributed by atoms with Crippen molar-refractivity contribution in [3.63, 3.8) is 0 Å². The summed E-state index contributed by atoms with van der Waals surface area (Å²) in [5.41, 5.74) is 3.28. The van der Waals surface area contributed by atoms with Gasteiger partial charge in [-0.3, -0.25) is 4.79 Å². The molecule has 3 heteroatoms. The van der Waals surface area contributed by atoms with E-state index in [-0.39, 0.29) is 18.0 Å². The summed E-state index contributed by atoms with van der Waals surface area (Å²) in [4.78, 5) is 14.4. The average molecular weight is 306 g/mol. The molecule has 3 nitrogen and oxygen atoms in total. The minimum absolute atomic E-state index is 0.0469. The van der Waals surface area contributed by atoms with Gasteiger partial charge in [-0.25, -0.2) is 0 Å². The van der Waals surface area contributed by atoms with E-state index in [0.717, 1.165) is 17.8 Å². The summed E-state index contributed by atoms with van der Waals surface area (Å²) in [5.74, 6) is 0.0469. The van der Waals surface area contributed by atoms with E-state index in [4.69, 9.17) is 0 Å². The van der Waals surface area contributed by atoms with Crippen LogP contribution in [0, 0.1) is 0 Å². The van der Waals surface area contributed by atoms with Gasteiger partial charge in [0.1, 0.15) is 0 Å². The number of para-hydroxylation sites is 2. The molecular formula is C20H22N2O. The monoisotopic (exact) mass is 306 g/mol. The lowest BCUT2D eigenvalue weighted by Crippen LogP contribution is -2.43. The van der Waals surface area contributed by atoms with Crippen LogP contribution in [-0.4, -0.2) is 11.9 Å². The predicted octanol–water partition coefficient (Wildman–Crippen LogP) is 4.54. The molecule has 0 bridgehead atoms. The topological polar surface area (TPSA) is 32.3 Å². The van der Waals surface area contributed by atoms with Gasteiger partial charge in [0.15, 0.2) is 0 Å². The summed E-state index contributed by atoms with van der Waals surface area (Å²) in [6.07, 6.45) is 4.32. The van der Waals surface area contributed by atoms with Gasteiger partial charge in [0.25, 0.3) is 5.91 Å². The van der Waals surface area contributed by atoms with Crippen molar-refractivity contribution >= 4 is 17.3 Å². The van der Waals surface area contributed by atoms with Crippen LogP contribution < -0.4 is 10.2 Å². The Balaban J connectivity index is 1.95. The van der Waals surface area contributed by atoms with Crippen LogP contribution in [0.4, 0.5) is 11.4 Å². The van der Waals surface area contributed by atoms with E-state index in [9.17, 15) is 4.79 Å². The second kappa shape index (κ2) is 6.69. The van der Waals surface area contributed by atoms with E-state index in [1.165, 1.54) is 5.56 Å². The molecule has 2 aromatic rings.